The fraction of sp³-hybridized carbons (Fsp3) is 0.312. The number of fused-ring (bicyclic) bond motifs is 1. The van der Waals surface area contributed by atoms with Gasteiger partial charge in [0.05, 0.1) is 0 Å². The lowest BCUT2D eigenvalue weighted by Gasteiger charge is -2.30. The molecule has 2 aromatic rings. The van der Waals surface area contributed by atoms with E-state index in [1.807, 2.05) is 19.2 Å². The van der Waals surface area contributed by atoms with Gasteiger partial charge in [-0.15, -0.1) is 0 Å². The third-order valence-electron chi connectivity index (χ3n) is 3.68. The smallest absolute Gasteiger partial charge is 0.133 e. The van der Waals surface area contributed by atoms with Crippen LogP contribution in [0.2, 0.25) is 0 Å². The number of hydrogen-bond acceptors (Lipinski definition) is 3. The highest BCUT2D eigenvalue weighted by Gasteiger charge is 2.18. The van der Waals surface area contributed by atoms with E-state index in [-0.39, 0.29) is 6.04 Å². The lowest BCUT2D eigenvalue weighted by Crippen LogP contribution is -2.25. The molecule has 2 N–H and O–H groups in total. The van der Waals surface area contributed by atoms with Crippen molar-refractivity contribution < 1.29 is 0 Å². The second-order valence-electron chi connectivity index (χ2n) is 5.12. The van der Waals surface area contributed by atoms with Gasteiger partial charge in [-0.2, -0.15) is 0 Å². The van der Waals surface area contributed by atoms with Gasteiger partial charge in [-0.05, 0) is 49.1 Å². The first kappa shape index (κ1) is 12.2. The lowest BCUT2D eigenvalue weighted by molar-refractivity contribution is 0.755. The zero-order chi connectivity index (χ0) is 13.2. The molecule has 1 atom stereocenters. The summed E-state index contributed by atoms with van der Waals surface area (Å²) in [5.41, 5.74) is 9.78. The first-order valence-corrected chi connectivity index (χ1v) is 6.82. The molecular formula is C16H19N3. The van der Waals surface area contributed by atoms with E-state index in [4.69, 9.17) is 5.73 Å². The highest BCUT2D eigenvalue weighted by molar-refractivity contribution is 5.65. The molecule has 2 heterocycles. The zero-order valence-electron chi connectivity index (χ0n) is 11.2. The Morgan fingerprint density at radius 1 is 1.26 bits per heavy atom. The van der Waals surface area contributed by atoms with Gasteiger partial charge in [-0.1, -0.05) is 18.2 Å². The van der Waals surface area contributed by atoms with Crippen LogP contribution >= 0.6 is 0 Å². The van der Waals surface area contributed by atoms with Gasteiger partial charge in [0.15, 0.2) is 0 Å². The predicted molar refractivity (Wildman–Crippen MR) is 78.6 cm³/mol. The molecule has 0 bridgehead atoms. The normalized spacial score (nSPS) is 16.0. The second-order valence-corrected chi connectivity index (χ2v) is 5.12. The summed E-state index contributed by atoms with van der Waals surface area (Å²) in [7, 11) is 0. The Hall–Kier alpha value is -1.87. The topological polar surface area (TPSA) is 42.1 Å². The highest BCUT2D eigenvalue weighted by atomic mass is 15.2. The number of rotatable bonds is 2. The van der Waals surface area contributed by atoms with E-state index >= 15 is 0 Å². The van der Waals surface area contributed by atoms with Crippen LogP contribution < -0.4 is 10.6 Å². The Kier molecular flexibility index (Phi) is 3.22. The van der Waals surface area contributed by atoms with E-state index in [2.05, 4.69) is 40.2 Å². The summed E-state index contributed by atoms with van der Waals surface area (Å²) in [6.07, 6.45) is 4.17. The number of benzene rings is 1. The number of pyridine rings is 1. The van der Waals surface area contributed by atoms with E-state index in [1.165, 1.54) is 17.7 Å². The summed E-state index contributed by atoms with van der Waals surface area (Å²) in [6.45, 7) is 3.02. The molecule has 0 saturated carbocycles. The van der Waals surface area contributed by atoms with Crippen molar-refractivity contribution in [3.63, 3.8) is 0 Å². The Labute approximate surface area is 114 Å². The van der Waals surface area contributed by atoms with Gasteiger partial charge < -0.3 is 10.6 Å². The maximum Gasteiger partial charge on any atom is 0.133 e. The van der Waals surface area contributed by atoms with E-state index in [0.29, 0.717) is 0 Å². The van der Waals surface area contributed by atoms with Crippen LogP contribution in [0.3, 0.4) is 0 Å². The SMILES string of the molecule is CC(N)c1ccnc(N2CCCc3ccccc32)c1. The summed E-state index contributed by atoms with van der Waals surface area (Å²) in [5, 5.41) is 0. The number of hydrogen-bond donors (Lipinski definition) is 1. The molecule has 1 aliphatic rings. The number of aryl methyl sites for hydroxylation is 1. The van der Waals surface area contributed by atoms with E-state index < -0.39 is 0 Å². The van der Waals surface area contributed by atoms with Crippen LogP contribution in [-0.2, 0) is 6.42 Å². The molecule has 1 aromatic carbocycles. The van der Waals surface area contributed by atoms with Crippen LogP contribution in [0.1, 0.15) is 30.5 Å². The van der Waals surface area contributed by atoms with Crippen molar-refractivity contribution in [1.82, 2.24) is 4.98 Å². The second kappa shape index (κ2) is 5.02. The lowest BCUT2D eigenvalue weighted by atomic mass is 10.0. The van der Waals surface area contributed by atoms with Crippen LogP contribution in [0, 0.1) is 0 Å². The molecule has 0 aliphatic carbocycles. The summed E-state index contributed by atoms with van der Waals surface area (Å²) >= 11 is 0. The maximum absolute atomic E-state index is 5.96. The number of nitrogens with zero attached hydrogens (tertiary/aromatic N) is 2. The third-order valence-corrected chi connectivity index (χ3v) is 3.68. The zero-order valence-corrected chi connectivity index (χ0v) is 11.2. The molecule has 19 heavy (non-hydrogen) atoms. The minimum absolute atomic E-state index is 0.0433. The van der Waals surface area contributed by atoms with Crippen LogP contribution in [-0.4, -0.2) is 11.5 Å². The van der Waals surface area contributed by atoms with Gasteiger partial charge in [0.25, 0.3) is 0 Å². The quantitative estimate of drug-likeness (QED) is 0.893. The number of aromatic nitrogens is 1. The molecule has 3 nitrogen and oxygen atoms in total. The van der Waals surface area contributed by atoms with Crippen molar-refractivity contribution in [2.75, 3.05) is 11.4 Å². The van der Waals surface area contributed by atoms with Crippen LogP contribution in [0.5, 0.6) is 0 Å². The van der Waals surface area contributed by atoms with Gasteiger partial charge in [-0.25, -0.2) is 4.98 Å². The largest absolute Gasteiger partial charge is 0.326 e. The van der Waals surface area contributed by atoms with Gasteiger partial charge >= 0.3 is 0 Å². The van der Waals surface area contributed by atoms with Gasteiger partial charge in [0.2, 0.25) is 0 Å². The minimum atomic E-state index is 0.0433. The molecule has 0 amide bonds. The van der Waals surface area contributed by atoms with Crippen LogP contribution in [0.25, 0.3) is 0 Å². The van der Waals surface area contributed by atoms with Gasteiger partial charge in [0.1, 0.15) is 5.82 Å². The Bertz CT molecular complexity index is 578. The fourth-order valence-corrected chi connectivity index (χ4v) is 2.64. The molecule has 1 aromatic heterocycles. The van der Waals surface area contributed by atoms with Crippen molar-refractivity contribution in [1.29, 1.82) is 0 Å². The Balaban J connectivity index is 2.01. The Morgan fingerprint density at radius 3 is 2.95 bits per heavy atom. The van der Waals surface area contributed by atoms with E-state index in [1.54, 1.807) is 0 Å². The molecule has 0 saturated heterocycles. The molecule has 1 aliphatic heterocycles. The van der Waals surface area contributed by atoms with Crippen LogP contribution in [0.15, 0.2) is 42.6 Å². The first-order valence-electron chi connectivity index (χ1n) is 6.82. The number of para-hydroxylation sites is 1. The standard InChI is InChI=1S/C16H19N3/c1-12(17)14-8-9-18-16(11-14)19-10-4-6-13-5-2-3-7-15(13)19/h2-3,5,7-9,11-12H,4,6,10,17H2,1H3. The molecule has 0 radical (unpaired) electrons. The Morgan fingerprint density at radius 2 is 2.11 bits per heavy atom. The molecule has 0 fully saturated rings. The highest BCUT2D eigenvalue weighted by Crippen LogP contribution is 2.32. The van der Waals surface area contributed by atoms with Crippen LogP contribution in [0.4, 0.5) is 11.5 Å². The van der Waals surface area contributed by atoms with E-state index in [0.717, 1.165) is 24.3 Å². The fourth-order valence-electron chi connectivity index (χ4n) is 2.64. The molecular weight excluding hydrogens is 234 g/mol. The van der Waals surface area contributed by atoms with E-state index in [9.17, 15) is 0 Å². The monoisotopic (exact) mass is 253 g/mol. The summed E-state index contributed by atoms with van der Waals surface area (Å²) in [5.74, 6) is 1.00. The molecule has 3 rings (SSSR count). The average Bonchev–Trinajstić information content (AvgIpc) is 2.47. The number of nitrogens with two attached hydrogens (primary N) is 1. The number of anilines is 2. The molecule has 98 valence electrons. The summed E-state index contributed by atoms with van der Waals surface area (Å²) in [6, 6.07) is 12.7. The first-order chi connectivity index (χ1) is 9.25. The minimum Gasteiger partial charge on any atom is -0.326 e. The average molecular weight is 253 g/mol. The molecule has 3 heteroatoms. The summed E-state index contributed by atoms with van der Waals surface area (Å²) in [4.78, 5) is 6.81. The third kappa shape index (κ3) is 2.34. The predicted octanol–water partition coefficient (Wildman–Crippen LogP) is 3.19. The van der Waals surface area contributed by atoms with Crippen molar-refractivity contribution in [3.05, 3.63) is 53.7 Å². The molecule has 0 spiro atoms. The van der Waals surface area contributed by atoms with Gasteiger partial charge in [0, 0.05) is 24.5 Å². The molecule has 1 unspecified atom stereocenters. The van der Waals surface area contributed by atoms with Gasteiger partial charge in [-0.3, -0.25) is 0 Å². The van der Waals surface area contributed by atoms with Crippen molar-refractivity contribution in [3.8, 4) is 0 Å². The summed E-state index contributed by atoms with van der Waals surface area (Å²) < 4.78 is 0. The maximum atomic E-state index is 5.96. The van der Waals surface area contributed by atoms with Crippen molar-refractivity contribution in [2.24, 2.45) is 5.73 Å². The van der Waals surface area contributed by atoms with Crippen molar-refractivity contribution >= 4 is 11.5 Å². The van der Waals surface area contributed by atoms with Crippen molar-refractivity contribution in [2.45, 2.75) is 25.8 Å².